The predicted octanol–water partition coefficient (Wildman–Crippen LogP) is 0.662. The molecule has 228 valence electrons. The van der Waals surface area contributed by atoms with Crippen molar-refractivity contribution < 1.29 is 34.2 Å². The van der Waals surface area contributed by atoms with Gasteiger partial charge in [-0.3, -0.25) is 28.9 Å². The molecule has 11 heteroatoms. The van der Waals surface area contributed by atoms with Gasteiger partial charge in [-0.15, -0.1) is 0 Å². The molecule has 43 heavy (non-hydrogen) atoms. The summed E-state index contributed by atoms with van der Waals surface area (Å²) in [6.45, 7) is 0.661. The molecule has 0 radical (unpaired) electrons. The molecule has 6 atom stereocenters. The lowest BCUT2D eigenvalue weighted by molar-refractivity contribution is -0.181. The summed E-state index contributed by atoms with van der Waals surface area (Å²) < 4.78 is 0. The molecule has 4 N–H and O–H groups in total. The van der Waals surface area contributed by atoms with Gasteiger partial charge in [0.05, 0.1) is 17.5 Å². The zero-order chi connectivity index (χ0) is 31.7. The largest absolute Gasteiger partial charge is 0.507 e. The van der Waals surface area contributed by atoms with Crippen molar-refractivity contribution in [2.75, 3.05) is 47.2 Å². The van der Waals surface area contributed by atoms with E-state index in [1.807, 2.05) is 68.3 Å². The highest BCUT2D eigenvalue weighted by Gasteiger charge is 2.69. The maximum atomic E-state index is 14.3. The van der Waals surface area contributed by atoms with Crippen LogP contribution < -0.4 is 10.6 Å². The highest BCUT2D eigenvalue weighted by atomic mass is 16.3. The second kappa shape index (κ2) is 10.7. The molecule has 0 saturated heterocycles. The molecule has 0 bridgehead atoms. The maximum Gasteiger partial charge on any atom is 0.235 e. The molecule has 5 rings (SSSR count). The molecule has 2 aromatic rings. The third-order valence-corrected chi connectivity index (χ3v) is 9.26. The van der Waals surface area contributed by atoms with Crippen LogP contribution in [0.1, 0.15) is 27.9 Å². The number of hydrogen-bond acceptors (Lipinski definition) is 10. The van der Waals surface area contributed by atoms with E-state index in [0.29, 0.717) is 28.9 Å². The number of aromatic hydroxyl groups is 1. The number of fused-ring (bicyclic) bond motifs is 3. The van der Waals surface area contributed by atoms with Gasteiger partial charge in [0, 0.05) is 37.8 Å². The van der Waals surface area contributed by atoms with Gasteiger partial charge in [0.1, 0.15) is 5.75 Å². The maximum absolute atomic E-state index is 14.3. The van der Waals surface area contributed by atoms with Crippen molar-refractivity contribution in [2.45, 2.75) is 31.0 Å². The van der Waals surface area contributed by atoms with Crippen molar-refractivity contribution in [2.24, 2.45) is 29.4 Å². The molecule has 11 nitrogen and oxygen atoms in total. The Balaban J connectivity index is 1.67. The van der Waals surface area contributed by atoms with E-state index in [4.69, 9.17) is 5.73 Å². The number of nitrogens with zero attached hydrogens (tertiary/aromatic N) is 3. The van der Waals surface area contributed by atoms with Crippen LogP contribution in [-0.2, 0) is 32.1 Å². The van der Waals surface area contributed by atoms with Gasteiger partial charge >= 0.3 is 0 Å². The number of carbonyl (C=O) groups is 5. The van der Waals surface area contributed by atoms with Gasteiger partial charge in [0.15, 0.2) is 34.7 Å². The van der Waals surface area contributed by atoms with Gasteiger partial charge in [-0.05, 0) is 75.8 Å². The SMILES string of the molecule is CN(C)Cc1cccc(-c2cc(N(C)C)c3c(c2O)C(=O)C2C(=O)[C@]4(O)C(=O)C(C(N)=O)C(=O)[C@@H](N(C)C)[C@@H]4C[C@@H]2C3)c1. The summed E-state index contributed by atoms with van der Waals surface area (Å²) in [5, 5.41) is 23.4. The lowest BCUT2D eigenvalue weighted by atomic mass is 9.52. The normalized spacial score (nSPS) is 28.5. The highest BCUT2D eigenvalue weighted by Crippen LogP contribution is 2.53. The number of ketones is 4. The van der Waals surface area contributed by atoms with Gasteiger partial charge in [0.2, 0.25) is 5.91 Å². The molecule has 0 aliphatic heterocycles. The Labute approximate surface area is 250 Å². The molecule has 0 heterocycles. The van der Waals surface area contributed by atoms with Crippen LogP contribution >= 0.6 is 0 Å². The van der Waals surface area contributed by atoms with Crippen molar-refractivity contribution >= 4 is 34.7 Å². The minimum Gasteiger partial charge on any atom is -0.507 e. The molecule has 3 aliphatic rings. The fourth-order valence-electron chi connectivity index (χ4n) is 7.47. The Morgan fingerprint density at radius 3 is 2.28 bits per heavy atom. The first-order chi connectivity index (χ1) is 20.1. The number of likely N-dealkylation sites (N-methyl/N-ethyl adjacent to an activating group) is 1. The van der Waals surface area contributed by atoms with E-state index < -0.39 is 64.4 Å². The fraction of sp³-hybridized carbons (Fsp3) is 0.469. The minimum absolute atomic E-state index is 0.00581. The van der Waals surface area contributed by atoms with Crippen molar-refractivity contribution in [1.29, 1.82) is 0 Å². The summed E-state index contributed by atoms with van der Waals surface area (Å²) in [4.78, 5) is 72.8. The quantitative estimate of drug-likeness (QED) is 0.408. The molecular formula is C32H38N4O7. The van der Waals surface area contributed by atoms with Crippen LogP contribution in [0.4, 0.5) is 5.69 Å². The Hall–Kier alpha value is -3.93. The second-order valence-electron chi connectivity index (χ2n) is 12.8. The fourth-order valence-corrected chi connectivity index (χ4v) is 7.47. The van der Waals surface area contributed by atoms with E-state index in [0.717, 1.165) is 5.56 Å². The third kappa shape index (κ3) is 4.57. The van der Waals surface area contributed by atoms with Crippen molar-refractivity contribution in [3.63, 3.8) is 0 Å². The van der Waals surface area contributed by atoms with Gasteiger partial charge in [0.25, 0.3) is 0 Å². The van der Waals surface area contributed by atoms with E-state index in [-0.39, 0.29) is 24.2 Å². The summed E-state index contributed by atoms with van der Waals surface area (Å²) in [6.07, 6.45) is 0.208. The number of aliphatic hydroxyl groups is 1. The molecule has 2 aromatic carbocycles. The molecule has 3 aliphatic carbocycles. The smallest absolute Gasteiger partial charge is 0.235 e. The number of benzene rings is 2. The van der Waals surface area contributed by atoms with Gasteiger partial charge in [-0.2, -0.15) is 0 Å². The Morgan fingerprint density at radius 2 is 1.70 bits per heavy atom. The van der Waals surface area contributed by atoms with Crippen molar-refractivity contribution in [1.82, 2.24) is 9.80 Å². The number of anilines is 1. The van der Waals surface area contributed by atoms with Crippen LogP contribution in [0.25, 0.3) is 11.1 Å². The first-order valence-electron chi connectivity index (χ1n) is 14.3. The number of amides is 1. The van der Waals surface area contributed by atoms with Crippen molar-refractivity contribution in [3.8, 4) is 16.9 Å². The Morgan fingerprint density at radius 1 is 1.02 bits per heavy atom. The number of phenolic OH excluding ortho intramolecular Hbond substituents is 1. The number of primary amides is 1. The summed E-state index contributed by atoms with van der Waals surface area (Å²) in [7, 11) is 10.7. The number of hydrogen-bond donors (Lipinski definition) is 3. The number of phenols is 1. The Bertz CT molecular complexity index is 1560. The van der Waals surface area contributed by atoms with Gasteiger partial charge in [-0.1, -0.05) is 18.2 Å². The standard InChI is InChI=1S/C32H38N4O7/c1-34(2)14-15-8-7-9-16(10-15)18-13-21(35(3)4)19-11-17-12-20-25(36(5)6)28(39)24(31(33)42)30(41)32(20,43)29(40)22(17)27(38)23(19)26(18)37/h7-10,13,17,20,22,24-25,37,43H,11-12,14H2,1-6H3,(H2,33,42)/t17-,20-,22?,24?,25-,32-/m0/s1. The first kappa shape index (κ1) is 30.5. The second-order valence-corrected chi connectivity index (χ2v) is 12.8. The lowest BCUT2D eigenvalue weighted by Crippen LogP contribution is -2.74. The molecular weight excluding hydrogens is 552 g/mol. The van der Waals surface area contributed by atoms with Gasteiger partial charge < -0.3 is 25.7 Å². The number of rotatable bonds is 6. The molecule has 0 aromatic heterocycles. The van der Waals surface area contributed by atoms with Crippen LogP contribution in [0.3, 0.4) is 0 Å². The number of nitrogens with two attached hydrogens (primary N) is 1. The summed E-state index contributed by atoms with van der Waals surface area (Å²) >= 11 is 0. The average molecular weight is 591 g/mol. The third-order valence-electron chi connectivity index (χ3n) is 9.26. The average Bonchev–Trinajstić information content (AvgIpc) is 2.90. The van der Waals surface area contributed by atoms with Crippen LogP contribution in [-0.4, -0.2) is 103 Å². The van der Waals surface area contributed by atoms with Crippen LogP contribution in [0.15, 0.2) is 30.3 Å². The number of carbonyl (C=O) groups excluding carboxylic acids is 5. The van der Waals surface area contributed by atoms with Crippen molar-refractivity contribution in [3.05, 3.63) is 47.0 Å². The monoisotopic (exact) mass is 590 g/mol. The molecule has 0 spiro atoms. The first-order valence-corrected chi connectivity index (χ1v) is 14.3. The van der Waals surface area contributed by atoms with E-state index in [1.165, 1.54) is 4.90 Å². The topological polar surface area (TPSA) is 162 Å². The van der Waals surface area contributed by atoms with Gasteiger partial charge in [-0.25, -0.2) is 0 Å². The molecule has 2 unspecified atom stereocenters. The van der Waals surface area contributed by atoms with Crippen LogP contribution in [0, 0.1) is 23.7 Å². The summed E-state index contributed by atoms with van der Waals surface area (Å²) in [5.41, 5.74) is 5.97. The predicted molar refractivity (Wildman–Crippen MR) is 159 cm³/mol. The molecule has 2 saturated carbocycles. The van der Waals surface area contributed by atoms with E-state index >= 15 is 0 Å². The van der Waals surface area contributed by atoms with E-state index in [9.17, 15) is 34.2 Å². The van der Waals surface area contributed by atoms with E-state index in [2.05, 4.69) is 0 Å². The zero-order valence-corrected chi connectivity index (χ0v) is 25.2. The van der Waals surface area contributed by atoms with E-state index in [1.54, 1.807) is 14.1 Å². The zero-order valence-electron chi connectivity index (χ0n) is 25.2. The minimum atomic E-state index is -2.75. The van der Waals surface area contributed by atoms with Crippen LogP contribution in [0.2, 0.25) is 0 Å². The molecule has 2 fully saturated rings. The van der Waals surface area contributed by atoms with Crippen LogP contribution in [0.5, 0.6) is 5.75 Å². The Kier molecular flexibility index (Phi) is 7.56. The lowest BCUT2D eigenvalue weighted by Gasteiger charge is -2.52. The summed E-state index contributed by atoms with van der Waals surface area (Å²) in [5.74, 6) is -10.6. The molecule has 1 amide bonds. The summed E-state index contributed by atoms with van der Waals surface area (Å²) in [6, 6.07) is 8.28. The highest BCUT2D eigenvalue weighted by molar-refractivity contribution is 6.32. The number of Topliss-reactive ketones (excluding diaryl/α,β-unsaturated/α-hetero) is 4.